The van der Waals surface area contributed by atoms with Gasteiger partial charge in [-0.3, -0.25) is 0 Å². The molecule has 14 heavy (non-hydrogen) atoms. The van der Waals surface area contributed by atoms with Crippen molar-refractivity contribution in [3.63, 3.8) is 0 Å². The van der Waals surface area contributed by atoms with Gasteiger partial charge < -0.3 is 0 Å². The first-order valence-corrected chi connectivity index (χ1v) is 4.78. The maximum absolute atomic E-state index is 12.6. The van der Waals surface area contributed by atoms with E-state index in [-0.39, 0.29) is 11.0 Å². The lowest BCUT2D eigenvalue weighted by Gasteiger charge is -2.22. The van der Waals surface area contributed by atoms with Crippen LogP contribution in [-0.4, -0.2) is 0 Å². The maximum atomic E-state index is 12.6. The first kappa shape index (κ1) is 11.4. The van der Waals surface area contributed by atoms with E-state index in [4.69, 9.17) is 11.6 Å². The second-order valence-corrected chi connectivity index (χ2v) is 4.72. The summed E-state index contributed by atoms with van der Waals surface area (Å²) in [6, 6.07) is 4.51. The van der Waals surface area contributed by atoms with Gasteiger partial charge in [0.2, 0.25) is 0 Å². The summed E-state index contributed by atoms with van der Waals surface area (Å²) in [5.74, 6) is 0. The quantitative estimate of drug-likeness (QED) is 0.648. The zero-order valence-corrected chi connectivity index (χ0v) is 9.20. The van der Waals surface area contributed by atoms with E-state index >= 15 is 0 Å². The Kier molecular flexibility index (Phi) is 3.15. The minimum atomic E-state index is -2.44. The highest BCUT2D eigenvalue weighted by Gasteiger charge is 2.22. The van der Waals surface area contributed by atoms with Crippen LogP contribution in [0.4, 0.5) is 8.78 Å². The first-order chi connectivity index (χ1) is 6.32. The van der Waals surface area contributed by atoms with E-state index in [1.54, 1.807) is 6.07 Å². The molecular formula is C11H13ClF2. The largest absolute Gasteiger partial charge is 0.264 e. The second kappa shape index (κ2) is 3.85. The predicted molar refractivity (Wildman–Crippen MR) is 55.1 cm³/mol. The molecule has 0 fully saturated rings. The lowest BCUT2D eigenvalue weighted by Crippen LogP contribution is -2.14. The van der Waals surface area contributed by atoms with Crippen LogP contribution in [0.5, 0.6) is 0 Å². The van der Waals surface area contributed by atoms with Gasteiger partial charge in [0, 0.05) is 10.6 Å². The summed E-state index contributed by atoms with van der Waals surface area (Å²) in [4.78, 5) is 0. The number of hydrogen-bond acceptors (Lipinski definition) is 0. The van der Waals surface area contributed by atoms with E-state index in [9.17, 15) is 8.78 Å². The third-order valence-corrected chi connectivity index (χ3v) is 2.29. The van der Waals surface area contributed by atoms with E-state index in [0.29, 0.717) is 10.6 Å². The highest BCUT2D eigenvalue weighted by atomic mass is 35.5. The standard InChI is InChI=1S/C11H13ClF2/c1-11(2,3)9-6-7(12)4-5-8(9)10(13)14/h4-6,10H,1-3H3. The Balaban J connectivity index is 3.30. The molecule has 0 radical (unpaired) electrons. The number of halogens is 3. The molecule has 78 valence electrons. The average molecular weight is 219 g/mol. The van der Waals surface area contributed by atoms with Crippen LogP contribution in [-0.2, 0) is 5.41 Å². The monoisotopic (exact) mass is 218 g/mol. The third-order valence-electron chi connectivity index (χ3n) is 2.06. The summed E-state index contributed by atoms with van der Waals surface area (Å²) in [5, 5.41) is 0.499. The molecule has 1 aromatic rings. The molecule has 0 atom stereocenters. The van der Waals surface area contributed by atoms with Crippen molar-refractivity contribution < 1.29 is 8.78 Å². The summed E-state index contributed by atoms with van der Waals surface area (Å²) in [6.45, 7) is 5.68. The molecule has 1 rings (SSSR count). The third kappa shape index (κ3) is 2.44. The van der Waals surface area contributed by atoms with Crippen molar-refractivity contribution in [3.05, 3.63) is 34.3 Å². The van der Waals surface area contributed by atoms with Crippen molar-refractivity contribution in [2.75, 3.05) is 0 Å². The van der Waals surface area contributed by atoms with Gasteiger partial charge in [-0.05, 0) is 23.1 Å². The molecular weight excluding hydrogens is 206 g/mol. The van der Waals surface area contributed by atoms with E-state index in [1.807, 2.05) is 20.8 Å². The van der Waals surface area contributed by atoms with Gasteiger partial charge in [0.25, 0.3) is 6.43 Å². The summed E-state index contributed by atoms with van der Waals surface area (Å²) in [6.07, 6.45) is -2.44. The molecule has 3 heteroatoms. The second-order valence-electron chi connectivity index (χ2n) is 4.28. The Hall–Kier alpha value is -0.630. The fraction of sp³-hybridized carbons (Fsp3) is 0.455. The summed E-state index contributed by atoms with van der Waals surface area (Å²) in [7, 11) is 0. The molecule has 0 bridgehead atoms. The van der Waals surface area contributed by atoms with E-state index in [1.165, 1.54) is 12.1 Å². The SMILES string of the molecule is CC(C)(C)c1cc(Cl)ccc1C(F)F. The number of alkyl halides is 2. The van der Waals surface area contributed by atoms with Gasteiger partial charge in [-0.25, -0.2) is 8.78 Å². The Morgan fingerprint density at radius 2 is 1.79 bits per heavy atom. The molecule has 0 aliphatic heterocycles. The minimum absolute atomic E-state index is 0.0712. The zero-order valence-electron chi connectivity index (χ0n) is 8.44. The molecule has 0 aromatic heterocycles. The highest BCUT2D eigenvalue weighted by molar-refractivity contribution is 6.30. The van der Waals surface area contributed by atoms with Crippen molar-refractivity contribution in [3.8, 4) is 0 Å². The molecule has 0 saturated heterocycles. The van der Waals surface area contributed by atoms with Crippen LogP contribution in [0.2, 0.25) is 5.02 Å². The Labute approximate surface area is 87.9 Å². The van der Waals surface area contributed by atoms with Crippen LogP contribution in [0.25, 0.3) is 0 Å². The van der Waals surface area contributed by atoms with Gasteiger partial charge in [0.15, 0.2) is 0 Å². The van der Waals surface area contributed by atoms with Crippen molar-refractivity contribution >= 4 is 11.6 Å². The zero-order chi connectivity index (χ0) is 10.9. The van der Waals surface area contributed by atoms with Crippen molar-refractivity contribution in [1.82, 2.24) is 0 Å². The van der Waals surface area contributed by atoms with Gasteiger partial charge in [-0.15, -0.1) is 0 Å². The van der Waals surface area contributed by atoms with Crippen LogP contribution in [0.15, 0.2) is 18.2 Å². The molecule has 0 unspecified atom stereocenters. The first-order valence-electron chi connectivity index (χ1n) is 4.40. The van der Waals surface area contributed by atoms with E-state index < -0.39 is 6.43 Å². The fourth-order valence-corrected chi connectivity index (χ4v) is 1.54. The van der Waals surface area contributed by atoms with Gasteiger partial charge >= 0.3 is 0 Å². The molecule has 0 N–H and O–H groups in total. The Morgan fingerprint density at radius 3 is 2.21 bits per heavy atom. The van der Waals surface area contributed by atoms with Gasteiger partial charge in [-0.1, -0.05) is 38.4 Å². The van der Waals surface area contributed by atoms with E-state index in [0.717, 1.165) is 0 Å². The van der Waals surface area contributed by atoms with Crippen molar-refractivity contribution in [2.45, 2.75) is 32.6 Å². The van der Waals surface area contributed by atoms with Gasteiger partial charge in [0.1, 0.15) is 0 Å². The Bertz CT molecular complexity index is 327. The summed E-state index contributed by atoms with van der Waals surface area (Å²) >= 11 is 5.78. The van der Waals surface area contributed by atoms with Crippen molar-refractivity contribution in [1.29, 1.82) is 0 Å². The number of rotatable bonds is 1. The van der Waals surface area contributed by atoms with Crippen LogP contribution >= 0.6 is 11.6 Å². The van der Waals surface area contributed by atoms with Gasteiger partial charge in [0.05, 0.1) is 0 Å². The molecule has 0 nitrogen and oxygen atoms in total. The number of hydrogen-bond donors (Lipinski definition) is 0. The highest BCUT2D eigenvalue weighted by Crippen LogP contribution is 2.33. The molecule has 0 aliphatic rings. The molecule has 1 aromatic carbocycles. The fourth-order valence-electron chi connectivity index (χ4n) is 1.37. The number of benzene rings is 1. The van der Waals surface area contributed by atoms with Crippen LogP contribution in [0, 0.1) is 0 Å². The van der Waals surface area contributed by atoms with Crippen LogP contribution < -0.4 is 0 Å². The molecule has 0 saturated carbocycles. The topological polar surface area (TPSA) is 0 Å². The van der Waals surface area contributed by atoms with Crippen LogP contribution in [0.3, 0.4) is 0 Å². The summed E-state index contributed by atoms with van der Waals surface area (Å²) in [5.41, 5.74) is 0.373. The van der Waals surface area contributed by atoms with E-state index in [2.05, 4.69) is 0 Å². The molecule has 0 heterocycles. The Morgan fingerprint density at radius 1 is 1.21 bits per heavy atom. The van der Waals surface area contributed by atoms with Crippen molar-refractivity contribution in [2.24, 2.45) is 0 Å². The minimum Gasteiger partial charge on any atom is -0.205 e. The van der Waals surface area contributed by atoms with Gasteiger partial charge in [-0.2, -0.15) is 0 Å². The normalized spacial score (nSPS) is 12.2. The summed E-state index contributed by atoms with van der Waals surface area (Å²) < 4.78 is 25.3. The predicted octanol–water partition coefficient (Wildman–Crippen LogP) is 4.58. The van der Waals surface area contributed by atoms with Crippen LogP contribution in [0.1, 0.15) is 38.3 Å². The lowest BCUT2D eigenvalue weighted by atomic mass is 9.84. The molecule has 0 aliphatic carbocycles. The molecule has 0 spiro atoms. The average Bonchev–Trinajstić information content (AvgIpc) is 2.01. The lowest BCUT2D eigenvalue weighted by molar-refractivity contribution is 0.149. The smallest absolute Gasteiger partial charge is 0.205 e. The maximum Gasteiger partial charge on any atom is 0.264 e. The molecule has 0 amide bonds.